The highest BCUT2D eigenvalue weighted by Crippen LogP contribution is 2.34. The highest BCUT2D eigenvalue weighted by molar-refractivity contribution is 9.10. The molecule has 0 fully saturated rings. The number of aromatic nitrogens is 2. The Morgan fingerprint density at radius 1 is 1.05 bits per heavy atom. The lowest BCUT2D eigenvalue weighted by Gasteiger charge is -2.10. The molecule has 0 amide bonds. The van der Waals surface area contributed by atoms with Gasteiger partial charge in [-0.2, -0.15) is 0 Å². The van der Waals surface area contributed by atoms with Crippen molar-refractivity contribution in [1.29, 1.82) is 0 Å². The Morgan fingerprint density at radius 2 is 1.95 bits per heavy atom. The predicted octanol–water partition coefficient (Wildman–Crippen LogP) is 4.84. The lowest BCUT2D eigenvalue weighted by Crippen LogP contribution is -1.89. The van der Waals surface area contributed by atoms with E-state index in [2.05, 4.69) is 25.9 Å². The van der Waals surface area contributed by atoms with Crippen LogP contribution in [-0.2, 0) is 0 Å². The maximum absolute atomic E-state index is 6.15. The zero-order chi connectivity index (χ0) is 13.2. The van der Waals surface area contributed by atoms with Gasteiger partial charge in [0.05, 0.1) is 9.50 Å². The van der Waals surface area contributed by atoms with Crippen molar-refractivity contribution < 1.29 is 4.74 Å². The summed E-state index contributed by atoms with van der Waals surface area (Å²) >= 11 is 9.55. The summed E-state index contributed by atoms with van der Waals surface area (Å²) in [6, 6.07) is 9.16. The van der Waals surface area contributed by atoms with Gasteiger partial charge in [-0.25, -0.2) is 0 Å². The van der Waals surface area contributed by atoms with Crippen molar-refractivity contribution >= 4 is 38.4 Å². The largest absolute Gasteiger partial charge is 0.454 e. The van der Waals surface area contributed by atoms with Crippen LogP contribution in [0.2, 0.25) is 5.02 Å². The normalized spacial score (nSPS) is 10.6. The Kier molecular flexibility index (Phi) is 3.36. The van der Waals surface area contributed by atoms with Crippen LogP contribution in [-0.4, -0.2) is 9.97 Å². The fourth-order valence-electron chi connectivity index (χ4n) is 1.76. The minimum atomic E-state index is 0.657. The minimum Gasteiger partial charge on any atom is -0.454 e. The summed E-state index contributed by atoms with van der Waals surface area (Å²) in [6.07, 6.45) is 5.07. The van der Waals surface area contributed by atoms with Crippen LogP contribution in [0.1, 0.15) is 0 Å². The number of hydrogen-bond acceptors (Lipinski definition) is 3. The van der Waals surface area contributed by atoms with E-state index in [1.54, 1.807) is 30.7 Å². The van der Waals surface area contributed by atoms with E-state index in [1.165, 1.54) is 0 Å². The minimum absolute atomic E-state index is 0.657. The lowest BCUT2D eigenvalue weighted by molar-refractivity contribution is 0.483. The topological polar surface area (TPSA) is 35.0 Å². The molecule has 0 atom stereocenters. The maximum Gasteiger partial charge on any atom is 0.153 e. The number of halogens is 2. The second-order valence-corrected chi connectivity index (χ2v) is 5.11. The summed E-state index contributed by atoms with van der Waals surface area (Å²) in [7, 11) is 0. The van der Waals surface area contributed by atoms with Gasteiger partial charge in [0, 0.05) is 30.0 Å². The number of fused-ring (bicyclic) bond motifs is 1. The van der Waals surface area contributed by atoms with Crippen LogP contribution in [0.5, 0.6) is 11.5 Å². The zero-order valence-corrected chi connectivity index (χ0v) is 12.0. The second-order valence-electron chi connectivity index (χ2n) is 3.85. The van der Waals surface area contributed by atoms with Crippen molar-refractivity contribution in [2.75, 3.05) is 0 Å². The third-order valence-electron chi connectivity index (χ3n) is 2.63. The van der Waals surface area contributed by atoms with Gasteiger partial charge in [-0.3, -0.25) is 9.97 Å². The third-order valence-corrected chi connectivity index (χ3v) is 3.56. The first-order valence-corrected chi connectivity index (χ1v) is 6.73. The van der Waals surface area contributed by atoms with E-state index in [9.17, 15) is 0 Å². The molecule has 3 nitrogen and oxygen atoms in total. The van der Waals surface area contributed by atoms with Crippen molar-refractivity contribution in [2.45, 2.75) is 0 Å². The van der Waals surface area contributed by atoms with Crippen molar-refractivity contribution in [3.8, 4) is 11.5 Å². The van der Waals surface area contributed by atoms with E-state index in [1.807, 2.05) is 18.2 Å². The second kappa shape index (κ2) is 5.15. The molecule has 5 heteroatoms. The summed E-state index contributed by atoms with van der Waals surface area (Å²) in [5, 5.41) is 1.52. The first kappa shape index (κ1) is 12.4. The van der Waals surface area contributed by atoms with Crippen LogP contribution < -0.4 is 4.74 Å². The van der Waals surface area contributed by atoms with E-state index < -0.39 is 0 Å². The molecule has 0 aliphatic carbocycles. The van der Waals surface area contributed by atoms with Crippen molar-refractivity contribution in [1.82, 2.24) is 9.97 Å². The summed E-state index contributed by atoms with van der Waals surface area (Å²) in [4.78, 5) is 8.33. The fourth-order valence-corrected chi connectivity index (χ4v) is 2.30. The molecule has 2 aromatic heterocycles. The van der Waals surface area contributed by atoms with Gasteiger partial charge in [0.15, 0.2) is 5.75 Å². The third kappa shape index (κ3) is 2.41. The van der Waals surface area contributed by atoms with Gasteiger partial charge >= 0.3 is 0 Å². The molecule has 0 aliphatic heterocycles. The summed E-state index contributed by atoms with van der Waals surface area (Å²) in [6.45, 7) is 0. The van der Waals surface area contributed by atoms with E-state index in [0.29, 0.717) is 16.5 Å². The highest BCUT2D eigenvalue weighted by atomic mass is 79.9. The van der Waals surface area contributed by atoms with Crippen LogP contribution in [0.3, 0.4) is 0 Å². The quantitative estimate of drug-likeness (QED) is 0.672. The van der Waals surface area contributed by atoms with Crippen LogP contribution in [0.4, 0.5) is 0 Å². The number of nitrogens with zero attached hydrogens (tertiary/aromatic N) is 2. The first-order chi connectivity index (χ1) is 9.25. The summed E-state index contributed by atoms with van der Waals surface area (Å²) in [5.41, 5.74) is 0.735. The van der Waals surface area contributed by atoms with Gasteiger partial charge in [0.1, 0.15) is 11.3 Å². The Bertz CT molecular complexity index is 748. The van der Waals surface area contributed by atoms with Gasteiger partial charge in [0.25, 0.3) is 0 Å². The van der Waals surface area contributed by atoms with Gasteiger partial charge < -0.3 is 4.74 Å². The van der Waals surface area contributed by atoms with E-state index in [-0.39, 0.29) is 0 Å². The van der Waals surface area contributed by atoms with Crippen LogP contribution >= 0.6 is 27.5 Å². The van der Waals surface area contributed by atoms with E-state index >= 15 is 0 Å². The van der Waals surface area contributed by atoms with Crippen LogP contribution in [0, 0.1) is 0 Å². The molecule has 2 heterocycles. The molecule has 0 aliphatic rings. The molecule has 0 saturated heterocycles. The Balaban J connectivity index is 2.12. The zero-order valence-electron chi connectivity index (χ0n) is 9.68. The molecule has 0 N–H and O–H groups in total. The number of benzene rings is 1. The van der Waals surface area contributed by atoms with Crippen LogP contribution in [0.15, 0.2) is 53.4 Å². The molecule has 0 spiro atoms. The van der Waals surface area contributed by atoms with Crippen molar-refractivity contribution in [2.24, 2.45) is 0 Å². The molecule has 0 saturated carbocycles. The lowest BCUT2D eigenvalue weighted by atomic mass is 10.2. The Labute approximate surface area is 123 Å². The maximum atomic E-state index is 6.15. The molecule has 94 valence electrons. The number of rotatable bonds is 2. The molecule has 1 aromatic carbocycles. The number of pyridine rings is 2. The average Bonchev–Trinajstić information content (AvgIpc) is 2.44. The molecule has 0 unspecified atom stereocenters. The molecule has 0 bridgehead atoms. The molecule has 0 radical (unpaired) electrons. The standard InChI is InChI=1S/C14H8BrClN2O/c15-10-8-17-7-5-12(10)19-13-4-3-11(16)9-2-1-6-18-14(9)13/h1-8H. The van der Waals surface area contributed by atoms with Gasteiger partial charge in [-0.15, -0.1) is 0 Å². The van der Waals surface area contributed by atoms with E-state index in [4.69, 9.17) is 16.3 Å². The fraction of sp³-hybridized carbons (Fsp3) is 0. The smallest absolute Gasteiger partial charge is 0.153 e. The average molecular weight is 336 g/mol. The van der Waals surface area contributed by atoms with Gasteiger partial charge in [0.2, 0.25) is 0 Å². The Hall–Kier alpha value is -1.65. The number of hydrogen-bond donors (Lipinski definition) is 0. The Morgan fingerprint density at radius 3 is 2.79 bits per heavy atom. The highest BCUT2D eigenvalue weighted by Gasteiger charge is 2.09. The summed E-state index contributed by atoms with van der Waals surface area (Å²) < 4.78 is 6.66. The molecular formula is C14H8BrClN2O. The first-order valence-electron chi connectivity index (χ1n) is 5.56. The van der Waals surface area contributed by atoms with Crippen LogP contribution in [0.25, 0.3) is 10.9 Å². The SMILES string of the molecule is Clc1ccc(Oc2ccncc2Br)c2ncccc12. The van der Waals surface area contributed by atoms with E-state index in [0.717, 1.165) is 15.4 Å². The summed E-state index contributed by atoms with van der Waals surface area (Å²) in [5.74, 6) is 1.34. The molecular weight excluding hydrogens is 328 g/mol. The molecule has 3 aromatic rings. The monoisotopic (exact) mass is 334 g/mol. The molecule has 3 rings (SSSR count). The number of ether oxygens (including phenoxy) is 1. The van der Waals surface area contributed by atoms with Crippen molar-refractivity contribution in [3.05, 3.63) is 58.4 Å². The predicted molar refractivity (Wildman–Crippen MR) is 78.8 cm³/mol. The van der Waals surface area contributed by atoms with Gasteiger partial charge in [-0.1, -0.05) is 11.6 Å². The van der Waals surface area contributed by atoms with Crippen molar-refractivity contribution in [3.63, 3.8) is 0 Å². The molecule has 19 heavy (non-hydrogen) atoms. The van der Waals surface area contributed by atoms with Gasteiger partial charge in [-0.05, 0) is 40.2 Å².